The van der Waals surface area contributed by atoms with Crippen LogP contribution >= 0.6 is 23.7 Å². The Bertz CT molecular complexity index is 525. The maximum atomic E-state index is 12.6. The molecule has 1 aromatic rings. The van der Waals surface area contributed by atoms with Crippen LogP contribution in [-0.4, -0.2) is 46.0 Å². The van der Waals surface area contributed by atoms with Crippen LogP contribution in [0, 0.1) is 5.92 Å². The van der Waals surface area contributed by atoms with Gasteiger partial charge in [-0.1, -0.05) is 6.92 Å². The fourth-order valence-electron chi connectivity index (χ4n) is 2.44. The highest BCUT2D eigenvalue weighted by molar-refractivity contribution is 7.91. The second-order valence-electron chi connectivity index (χ2n) is 4.93. The van der Waals surface area contributed by atoms with Crippen molar-refractivity contribution in [3.8, 4) is 5.75 Å². The molecule has 2 heterocycles. The molecule has 0 amide bonds. The zero-order valence-corrected chi connectivity index (χ0v) is 14.8. The monoisotopic (exact) mass is 354 g/mol. The third kappa shape index (κ3) is 4.32. The molecule has 1 aliphatic heterocycles. The van der Waals surface area contributed by atoms with Gasteiger partial charge in [-0.05, 0) is 43.3 Å². The van der Waals surface area contributed by atoms with Crippen LogP contribution in [0.4, 0.5) is 0 Å². The largest absolute Gasteiger partial charge is 0.494 e. The molecule has 0 atom stereocenters. The topological polar surface area (TPSA) is 58.6 Å². The van der Waals surface area contributed by atoms with Crippen molar-refractivity contribution in [3.63, 3.8) is 0 Å². The van der Waals surface area contributed by atoms with Crippen molar-refractivity contribution in [1.82, 2.24) is 9.62 Å². The van der Waals surface area contributed by atoms with Gasteiger partial charge in [-0.2, -0.15) is 4.31 Å². The SMILES string of the molecule is CCNCC1CCN(S(=O)(=O)c2sccc2OC)CC1.Cl. The molecule has 21 heavy (non-hydrogen) atoms. The van der Waals surface area contributed by atoms with E-state index in [1.54, 1.807) is 15.8 Å². The highest BCUT2D eigenvalue weighted by Crippen LogP contribution is 2.33. The van der Waals surface area contributed by atoms with Crippen molar-refractivity contribution >= 4 is 33.8 Å². The molecule has 0 saturated carbocycles. The summed E-state index contributed by atoms with van der Waals surface area (Å²) in [5.41, 5.74) is 0. The molecule has 5 nitrogen and oxygen atoms in total. The molecular weight excluding hydrogens is 332 g/mol. The van der Waals surface area contributed by atoms with Crippen LogP contribution in [0.2, 0.25) is 0 Å². The molecule has 1 fully saturated rings. The van der Waals surface area contributed by atoms with Gasteiger partial charge in [0, 0.05) is 13.1 Å². The molecule has 8 heteroatoms. The van der Waals surface area contributed by atoms with Gasteiger partial charge in [0.15, 0.2) is 4.21 Å². The molecule has 1 aromatic heterocycles. The van der Waals surface area contributed by atoms with E-state index in [1.165, 1.54) is 18.4 Å². The molecule has 1 aliphatic rings. The predicted molar refractivity (Wildman–Crippen MR) is 88.1 cm³/mol. The average molecular weight is 355 g/mol. The number of hydrogen-bond donors (Lipinski definition) is 1. The second-order valence-corrected chi connectivity index (χ2v) is 7.98. The summed E-state index contributed by atoms with van der Waals surface area (Å²) in [6, 6.07) is 1.70. The first-order valence-corrected chi connectivity index (χ1v) is 9.24. The molecule has 1 saturated heterocycles. The smallest absolute Gasteiger partial charge is 0.256 e. The molecule has 0 unspecified atom stereocenters. The number of nitrogens with zero attached hydrogens (tertiary/aromatic N) is 1. The molecule has 2 rings (SSSR count). The number of piperidine rings is 1. The van der Waals surface area contributed by atoms with Crippen LogP contribution < -0.4 is 10.1 Å². The van der Waals surface area contributed by atoms with Crippen LogP contribution in [0.5, 0.6) is 5.75 Å². The Hall–Kier alpha value is -0.340. The van der Waals surface area contributed by atoms with E-state index in [4.69, 9.17) is 4.74 Å². The molecule has 0 spiro atoms. The van der Waals surface area contributed by atoms with Crippen molar-refractivity contribution < 1.29 is 13.2 Å². The van der Waals surface area contributed by atoms with E-state index >= 15 is 0 Å². The summed E-state index contributed by atoms with van der Waals surface area (Å²) < 4.78 is 32.2. The molecule has 0 aliphatic carbocycles. The number of halogens is 1. The highest BCUT2D eigenvalue weighted by atomic mass is 35.5. The first kappa shape index (κ1) is 18.7. The van der Waals surface area contributed by atoms with E-state index in [1.807, 2.05) is 0 Å². The number of methoxy groups -OCH3 is 1. The number of hydrogen-bond acceptors (Lipinski definition) is 5. The Balaban J connectivity index is 0.00000220. The van der Waals surface area contributed by atoms with Gasteiger partial charge in [-0.15, -0.1) is 23.7 Å². The summed E-state index contributed by atoms with van der Waals surface area (Å²) in [5, 5.41) is 5.09. The van der Waals surface area contributed by atoms with Crippen LogP contribution in [0.3, 0.4) is 0 Å². The van der Waals surface area contributed by atoms with Gasteiger partial charge in [0.25, 0.3) is 10.0 Å². The molecule has 0 bridgehead atoms. The van der Waals surface area contributed by atoms with Gasteiger partial charge in [-0.25, -0.2) is 8.42 Å². The molecule has 122 valence electrons. The van der Waals surface area contributed by atoms with Gasteiger partial charge in [-0.3, -0.25) is 0 Å². The molecular formula is C13H23ClN2O3S2. The zero-order valence-electron chi connectivity index (χ0n) is 12.4. The van der Waals surface area contributed by atoms with E-state index in [9.17, 15) is 8.42 Å². The van der Waals surface area contributed by atoms with Gasteiger partial charge in [0.1, 0.15) is 5.75 Å². The summed E-state index contributed by atoms with van der Waals surface area (Å²) in [4.78, 5) is 0. The van der Waals surface area contributed by atoms with E-state index in [0.717, 1.165) is 25.9 Å². The Kier molecular flexibility index (Phi) is 7.42. The van der Waals surface area contributed by atoms with E-state index < -0.39 is 10.0 Å². The van der Waals surface area contributed by atoms with Crippen LogP contribution in [0.25, 0.3) is 0 Å². The Morgan fingerprint density at radius 3 is 2.67 bits per heavy atom. The van der Waals surface area contributed by atoms with Crippen molar-refractivity contribution in [2.45, 2.75) is 24.0 Å². The van der Waals surface area contributed by atoms with Gasteiger partial charge in [0.2, 0.25) is 0 Å². The van der Waals surface area contributed by atoms with E-state index in [2.05, 4.69) is 12.2 Å². The summed E-state index contributed by atoms with van der Waals surface area (Å²) in [5.74, 6) is 1.02. The minimum atomic E-state index is -3.40. The normalized spacial score (nSPS) is 17.4. The fourth-order valence-corrected chi connectivity index (χ4v) is 5.33. The highest BCUT2D eigenvalue weighted by Gasteiger charge is 2.32. The molecule has 1 N–H and O–H groups in total. The third-order valence-corrected chi connectivity index (χ3v) is 6.97. The summed E-state index contributed by atoms with van der Waals surface area (Å²) >= 11 is 1.22. The number of thiophene rings is 1. The Morgan fingerprint density at radius 1 is 1.43 bits per heavy atom. The zero-order chi connectivity index (χ0) is 14.6. The van der Waals surface area contributed by atoms with Crippen LogP contribution in [0.1, 0.15) is 19.8 Å². The van der Waals surface area contributed by atoms with Crippen molar-refractivity contribution in [2.24, 2.45) is 5.92 Å². The Morgan fingerprint density at radius 2 is 2.10 bits per heavy atom. The van der Waals surface area contributed by atoms with Gasteiger partial charge in [0.05, 0.1) is 7.11 Å². The fraction of sp³-hybridized carbons (Fsp3) is 0.692. The molecule has 0 aromatic carbocycles. The number of rotatable bonds is 6. The third-order valence-electron chi connectivity index (χ3n) is 3.65. The van der Waals surface area contributed by atoms with Crippen LogP contribution in [0.15, 0.2) is 15.7 Å². The quantitative estimate of drug-likeness (QED) is 0.850. The minimum Gasteiger partial charge on any atom is -0.494 e. The second kappa shape index (κ2) is 8.33. The lowest BCUT2D eigenvalue weighted by atomic mass is 9.98. The van der Waals surface area contributed by atoms with Crippen LogP contribution in [-0.2, 0) is 10.0 Å². The Labute approximate surface area is 137 Å². The lowest BCUT2D eigenvalue weighted by Crippen LogP contribution is -2.40. The first-order chi connectivity index (χ1) is 9.59. The number of sulfonamides is 1. The molecule has 0 radical (unpaired) electrons. The van der Waals surface area contributed by atoms with Crippen molar-refractivity contribution in [2.75, 3.05) is 33.3 Å². The maximum absolute atomic E-state index is 12.6. The predicted octanol–water partition coefficient (Wildman–Crippen LogP) is 2.19. The van der Waals surface area contributed by atoms with E-state index in [0.29, 0.717) is 29.0 Å². The van der Waals surface area contributed by atoms with E-state index in [-0.39, 0.29) is 12.4 Å². The van der Waals surface area contributed by atoms with Crippen molar-refractivity contribution in [3.05, 3.63) is 11.4 Å². The van der Waals surface area contributed by atoms with Crippen molar-refractivity contribution in [1.29, 1.82) is 0 Å². The van der Waals surface area contributed by atoms with Gasteiger partial charge >= 0.3 is 0 Å². The summed E-state index contributed by atoms with van der Waals surface area (Å²) in [6.07, 6.45) is 1.83. The minimum absolute atomic E-state index is 0. The average Bonchev–Trinajstić information content (AvgIpc) is 2.95. The lowest BCUT2D eigenvalue weighted by molar-refractivity contribution is 0.268. The number of ether oxygens (including phenoxy) is 1. The first-order valence-electron chi connectivity index (χ1n) is 6.92. The maximum Gasteiger partial charge on any atom is 0.256 e. The lowest BCUT2D eigenvalue weighted by Gasteiger charge is -2.31. The number of nitrogens with one attached hydrogen (secondary N) is 1. The summed E-state index contributed by atoms with van der Waals surface area (Å²) in [7, 11) is -1.90. The summed E-state index contributed by atoms with van der Waals surface area (Å²) in [6.45, 7) is 5.22. The van der Waals surface area contributed by atoms with Gasteiger partial charge < -0.3 is 10.1 Å². The standard InChI is InChI=1S/C13H22N2O3S2.ClH/c1-3-14-10-11-4-7-15(8-5-11)20(16,17)13-12(18-2)6-9-19-13;/h6,9,11,14H,3-5,7-8,10H2,1-2H3;1H.